The summed E-state index contributed by atoms with van der Waals surface area (Å²) in [5.41, 5.74) is 3.22. The summed E-state index contributed by atoms with van der Waals surface area (Å²) in [5, 5.41) is 26.1. The molecule has 2 amide bonds. The minimum Gasteiger partial charge on any atom is -0.436 e. The number of amides is 2. The zero-order valence-electron chi connectivity index (χ0n) is 25.4. The Morgan fingerprint density at radius 3 is 2.36 bits per heavy atom. The van der Waals surface area contributed by atoms with E-state index in [4.69, 9.17) is 9.72 Å². The Bertz CT molecular complexity index is 1340. The molecule has 2 N–H and O–H groups in total. The summed E-state index contributed by atoms with van der Waals surface area (Å²) < 4.78 is 5.16. The van der Waals surface area contributed by atoms with Crippen molar-refractivity contribution in [2.75, 3.05) is 38.1 Å². The van der Waals surface area contributed by atoms with Crippen molar-refractivity contribution in [1.82, 2.24) is 20.5 Å². The molecule has 3 rings (SSSR count). The van der Waals surface area contributed by atoms with Crippen LogP contribution >= 0.6 is 11.8 Å². The number of carbonyl (C=O) groups is 2. The first kappa shape index (κ1) is 32.7. The fourth-order valence-corrected chi connectivity index (χ4v) is 5.52. The van der Waals surface area contributed by atoms with Gasteiger partial charge in [-0.3, -0.25) is 4.79 Å². The number of rotatable bonds is 9. The average molecular weight is 592 g/mol. The van der Waals surface area contributed by atoms with Crippen LogP contribution in [0.25, 0.3) is 0 Å². The first-order valence-electron chi connectivity index (χ1n) is 14.2. The van der Waals surface area contributed by atoms with Crippen LogP contribution in [-0.4, -0.2) is 66.8 Å². The monoisotopic (exact) mass is 591 g/mol. The first-order valence-corrected chi connectivity index (χ1v) is 15.2. The Morgan fingerprint density at radius 1 is 1.07 bits per heavy atom. The number of nitrogens with one attached hydrogen (secondary N) is 2. The largest absolute Gasteiger partial charge is 0.436 e. The van der Waals surface area contributed by atoms with Gasteiger partial charge in [0.05, 0.1) is 11.1 Å². The maximum absolute atomic E-state index is 12.4. The van der Waals surface area contributed by atoms with Gasteiger partial charge < -0.3 is 25.2 Å². The molecular formula is C31H41N7O3S. The molecule has 2 heterocycles. The van der Waals surface area contributed by atoms with Crippen LogP contribution in [0.15, 0.2) is 29.3 Å². The number of nitrogens with zero attached hydrogens (tertiary/aromatic N) is 5. The molecule has 1 aromatic carbocycles. The third kappa shape index (κ3) is 9.10. The van der Waals surface area contributed by atoms with Crippen LogP contribution in [0.3, 0.4) is 0 Å². The fraction of sp³-hybridized carbons (Fsp3) is 0.516. The molecule has 2 aromatic rings. The smallest absolute Gasteiger partial charge is 0.408 e. The summed E-state index contributed by atoms with van der Waals surface area (Å²) in [6.07, 6.45) is -0.00225. The molecule has 1 saturated heterocycles. The Balaban J connectivity index is 1.66. The van der Waals surface area contributed by atoms with Gasteiger partial charge in [0.1, 0.15) is 23.0 Å². The van der Waals surface area contributed by atoms with Crippen LogP contribution in [0.2, 0.25) is 0 Å². The van der Waals surface area contributed by atoms with Crippen LogP contribution in [0, 0.1) is 22.7 Å². The molecule has 0 radical (unpaired) electrons. The number of anilines is 1. The summed E-state index contributed by atoms with van der Waals surface area (Å²) in [7, 11) is 2.10. The lowest BCUT2D eigenvalue weighted by Crippen LogP contribution is -2.44. The molecular weight excluding hydrogens is 550 g/mol. The third-order valence-electron chi connectivity index (χ3n) is 6.84. The summed E-state index contributed by atoms with van der Waals surface area (Å²) in [5.74, 6) is 0.888. The third-order valence-corrected chi connectivity index (χ3v) is 7.89. The van der Waals surface area contributed by atoms with Gasteiger partial charge in [-0.05, 0) is 70.8 Å². The molecule has 1 aromatic heterocycles. The lowest BCUT2D eigenvalue weighted by molar-refractivity contribution is -0.128. The van der Waals surface area contributed by atoms with Crippen LogP contribution in [0.1, 0.15) is 68.9 Å². The number of hydrogen-bond donors (Lipinski definition) is 2. The van der Waals surface area contributed by atoms with E-state index in [2.05, 4.69) is 39.6 Å². The Morgan fingerprint density at radius 2 is 1.74 bits per heavy atom. The zero-order chi connectivity index (χ0) is 30.9. The molecule has 11 heteroatoms. The molecule has 224 valence electrons. The summed E-state index contributed by atoms with van der Waals surface area (Å²) in [6.45, 7) is 12.8. The van der Waals surface area contributed by atoms with Gasteiger partial charge in [-0.1, -0.05) is 31.2 Å². The van der Waals surface area contributed by atoms with E-state index in [-0.39, 0.29) is 5.91 Å². The Labute approximate surface area is 253 Å². The molecule has 0 bridgehead atoms. The van der Waals surface area contributed by atoms with E-state index in [0.717, 1.165) is 49.3 Å². The van der Waals surface area contributed by atoms with Crippen LogP contribution in [0.5, 0.6) is 0 Å². The van der Waals surface area contributed by atoms with Crippen molar-refractivity contribution in [2.24, 2.45) is 0 Å². The Kier molecular flexibility index (Phi) is 11.6. The molecule has 42 heavy (non-hydrogen) atoms. The van der Waals surface area contributed by atoms with Crippen molar-refractivity contribution in [2.45, 2.75) is 76.4 Å². The van der Waals surface area contributed by atoms with Crippen molar-refractivity contribution in [3.63, 3.8) is 0 Å². The summed E-state index contributed by atoms with van der Waals surface area (Å²) in [4.78, 5) is 33.7. The van der Waals surface area contributed by atoms with E-state index in [1.165, 1.54) is 18.7 Å². The molecule has 10 nitrogen and oxygen atoms in total. The fourth-order valence-electron chi connectivity index (χ4n) is 4.56. The summed E-state index contributed by atoms with van der Waals surface area (Å²) in [6, 6.07) is 12.5. The number of alkyl carbamates (subject to hydrolysis) is 1. The molecule has 1 aliphatic rings. The highest BCUT2D eigenvalue weighted by atomic mass is 32.2. The molecule has 1 aliphatic heterocycles. The number of carbonyl (C=O) groups excluding carboxylic acids is 2. The van der Waals surface area contributed by atoms with E-state index in [1.54, 1.807) is 0 Å². The highest BCUT2D eigenvalue weighted by Crippen LogP contribution is 2.33. The highest BCUT2D eigenvalue weighted by molar-refractivity contribution is 7.98. The molecule has 0 saturated carbocycles. The zero-order valence-corrected chi connectivity index (χ0v) is 26.2. The lowest BCUT2D eigenvalue weighted by Gasteiger charge is -2.25. The summed E-state index contributed by atoms with van der Waals surface area (Å²) >= 11 is 1.49. The molecule has 1 atom stereocenters. The molecule has 1 fully saturated rings. The van der Waals surface area contributed by atoms with E-state index in [9.17, 15) is 20.1 Å². The van der Waals surface area contributed by atoms with Gasteiger partial charge in [-0.2, -0.15) is 10.5 Å². The van der Waals surface area contributed by atoms with E-state index in [0.29, 0.717) is 40.7 Å². The topological polar surface area (TPSA) is 134 Å². The number of hydrogen-bond acceptors (Lipinski definition) is 9. The van der Waals surface area contributed by atoms with Crippen molar-refractivity contribution in [3.8, 4) is 12.1 Å². The average Bonchev–Trinajstić information content (AvgIpc) is 3.17. The van der Waals surface area contributed by atoms with E-state index in [1.807, 2.05) is 52.0 Å². The van der Waals surface area contributed by atoms with Crippen LogP contribution < -0.4 is 15.5 Å². The second kappa shape index (κ2) is 14.9. The van der Waals surface area contributed by atoms with Crippen molar-refractivity contribution >= 4 is 29.6 Å². The first-order chi connectivity index (χ1) is 19.9. The predicted molar refractivity (Wildman–Crippen MR) is 164 cm³/mol. The van der Waals surface area contributed by atoms with Gasteiger partial charge in [0.2, 0.25) is 0 Å². The normalized spacial score (nSPS) is 14.7. The molecule has 0 aliphatic carbocycles. The van der Waals surface area contributed by atoms with Crippen LogP contribution in [-0.2, 0) is 28.2 Å². The lowest BCUT2D eigenvalue weighted by atomic mass is 10.0. The second-order valence-corrected chi connectivity index (χ2v) is 12.4. The highest BCUT2D eigenvalue weighted by Gasteiger charge is 2.24. The standard InChI is InChI=1S/C31H41N7O3S/c1-7-24-25(17-32)27(38-14-8-13-37(6)15-16-38)35-29(26(24)18-33)42-20-23-11-9-22(10-12-23)19-34-28(39)21(2)41-30(40)36-31(3,4)5/h9-12,21H,7-8,13-16,19-20H2,1-6H3,(H,34,39)(H,36,40)/t21-/m1/s1. The van der Waals surface area contributed by atoms with Crippen molar-refractivity contribution in [3.05, 3.63) is 52.1 Å². The quantitative estimate of drug-likeness (QED) is 0.408. The van der Waals surface area contributed by atoms with Gasteiger partial charge in [0.25, 0.3) is 5.91 Å². The Hall–Kier alpha value is -3.80. The van der Waals surface area contributed by atoms with Crippen molar-refractivity contribution in [1.29, 1.82) is 10.5 Å². The predicted octanol–water partition coefficient (Wildman–Crippen LogP) is 4.35. The molecule has 0 spiro atoms. The minimum atomic E-state index is -0.926. The van der Waals surface area contributed by atoms with E-state index >= 15 is 0 Å². The number of benzene rings is 1. The number of nitriles is 2. The maximum Gasteiger partial charge on any atom is 0.408 e. The SMILES string of the molecule is CCc1c(C#N)c(SCc2ccc(CNC(=O)[C@@H](C)OC(=O)NC(C)(C)C)cc2)nc(N2CCCN(C)CC2)c1C#N. The number of pyridine rings is 1. The van der Waals surface area contributed by atoms with Crippen LogP contribution in [0.4, 0.5) is 10.6 Å². The van der Waals surface area contributed by atoms with Gasteiger partial charge in [-0.25, -0.2) is 9.78 Å². The maximum atomic E-state index is 12.4. The number of thioether (sulfide) groups is 1. The number of ether oxygens (including phenoxy) is 1. The van der Waals surface area contributed by atoms with Gasteiger partial charge in [0, 0.05) is 37.5 Å². The second-order valence-electron chi connectivity index (χ2n) is 11.4. The van der Waals surface area contributed by atoms with Gasteiger partial charge in [-0.15, -0.1) is 11.8 Å². The number of likely N-dealkylation sites (N-methyl/N-ethyl adjacent to an activating group) is 1. The van der Waals surface area contributed by atoms with Crippen molar-refractivity contribution < 1.29 is 14.3 Å². The number of aromatic nitrogens is 1. The van der Waals surface area contributed by atoms with Gasteiger partial charge in [0.15, 0.2) is 6.10 Å². The van der Waals surface area contributed by atoms with Gasteiger partial charge >= 0.3 is 6.09 Å². The van der Waals surface area contributed by atoms with E-state index < -0.39 is 17.7 Å². The minimum absolute atomic E-state index is 0.296. The molecule has 0 unspecified atom stereocenters.